The van der Waals surface area contributed by atoms with Gasteiger partial charge in [0, 0.05) is 26.2 Å². The van der Waals surface area contributed by atoms with Gasteiger partial charge < -0.3 is 19.0 Å². The molecule has 0 atom stereocenters. The van der Waals surface area contributed by atoms with E-state index in [1.807, 2.05) is 51.1 Å². The molecule has 1 aromatic heterocycles. The molecule has 4 rings (SSSR count). The Labute approximate surface area is 164 Å². The third-order valence-electron chi connectivity index (χ3n) is 4.69. The van der Waals surface area contributed by atoms with E-state index in [0.717, 1.165) is 22.2 Å². The molecule has 1 saturated heterocycles. The summed E-state index contributed by atoms with van der Waals surface area (Å²) in [7, 11) is 0. The first kappa shape index (κ1) is 18.3. The average Bonchev–Trinajstić information content (AvgIpc) is 3.11. The zero-order valence-electron chi connectivity index (χ0n) is 16.5. The number of ether oxygens (including phenoxy) is 1. The molecule has 0 spiro atoms. The molecule has 6 nitrogen and oxygen atoms in total. The summed E-state index contributed by atoms with van der Waals surface area (Å²) >= 11 is 0. The number of fused-ring (bicyclic) bond motifs is 1. The van der Waals surface area contributed by atoms with Crippen molar-refractivity contribution in [2.45, 2.75) is 26.4 Å². The lowest BCUT2D eigenvalue weighted by Gasteiger charge is -2.34. The maximum Gasteiger partial charge on any atom is 0.410 e. The third kappa shape index (κ3) is 3.96. The van der Waals surface area contributed by atoms with Gasteiger partial charge in [0.25, 0.3) is 6.01 Å². The van der Waals surface area contributed by atoms with Gasteiger partial charge in [-0.1, -0.05) is 36.4 Å². The minimum absolute atomic E-state index is 0.266. The number of carbonyl (C=O) groups excluding carboxylic acids is 1. The van der Waals surface area contributed by atoms with Gasteiger partial charge in [0.2, 0.25) is 0 Å². The number of piperazine rings is 1. The van der Waals surface area contributed by atoms with E-state index >= 15 is 0 Å². The summed E-state index contributed by atoms with van der Waals surface area (Å²) in [5.74, 6) is 0. The van der Waals surface area contributed by atoms with Crippen LogP contribution in [-0.2, 0) is 4.74 Å². The largest absolute Gasteiger partial charge is 0.444 e. The first-order valence-corrected chi connectivity index (χ1v) is 9.58. The highest BCUT2D eigenvalue weighted by Gasteiger charge is 2.27. The van der Waals surface area contributed by atoms with Crippen molar-refractivity contribution in [1.29, 1.82) is 0 Å². The Kier molecular flexibility index (Phi) is 4.71. The van der Waals surface area contributed by atoms with Gasteiger partial charge in [-0.3, -0.25) is 0 Å². The summed E-state index contributed by atoms with van der Waals surface area (Å²) in [5.41, 5.74) is 3.39. The summed E-state index contributed by atoms with van der Waals surface area (Å²) < 4.78 is 11.4. The summed E-state index contributed by atoms with van der Waals surface area (Å²) in [5, 5.41) is 0. The van der Waals surface area contributed by atoms with E-state index in [0.29, 0.717) is 32.2 Å². The second kappa shape index (κ2) is 7.19. The molecule has 0 saturated carbocycles. The Morgan fingerprint density at radius 1 is 1.00 bits per heavy atom. The van der Waals surface area contributed by atoms with E-state index in [-0.39, 0.29) is 6.09 Å². The van der Waals surface area contributed by atoms with Gasteiger partial charge in [-0.25, -0.2) is 4.79 Å². The minimum atomic E-state index is -0.481. The van der Waals surface area contributed by atoms with Gasteiger partial charge >= 0.3 is 6.09 Å². The van der Waals surface area contributed by atoms with E-state index in [4.69, 9.17) is 9.15 Å². The molecule has 2 aromatic carbocycles. The van der Waals surface area contributed by atoms with Crippen LogP contribution in [0.5, 0.6) is 0 Å². The molecule has 2 heterocycles. The molecule has 146 valence electrons. The Bertz CT molecular complexity index is 968. The lowest BCUT2D eigenvalue weighted by molar-refractivity contribution is 0.0239. The normalized spacial score (nSPS) is 15.1. The predicted octanol–water partition coefficient (Wildman–Crippen LogP) is 4.55. The molecule has 0 radical (unpaired) electrons. The standard InChI is InChI=1S/C22H25N3O3/c1-22(2,3)28-21(26)25-13-11-24(12-14-25)20-23-18-15-17(9-10-19(18)27-20)16-7-5-4-6-8-16/h4-10,15H,11-14H2,1-3H3. The zero-order chi connectivity index (χ0) is 19.7. The molecule has 0 N–H and O–H groups in total. The number of carbonyl (C=O) groups is 1. The fourth-order valence-corrected chi connectivity index (χ4v) is 3.27. The minimum Gasteiger partial charge on any atom is -0.444 e. The van der Waals surface area contributed by atoms with Crippen LogP contribution in [-0.4, -0.2) is 47.8 Å². The maximum absolute atomic E-state index is 12.2. The maximum atomic E-state index is 12.2. The fraction of sp³-hybridized carbons (Fsp3) is 0.364. The molecule has 0 unspecified atom stereocenters. The Morgan fingerprint density at radius 3 is 2.39 bits per heavy atom. The number of aromatic nitrogens is 1. The Balaban J connectivity index is 1.46. The van der Waals surface area contributed by atoms with Crippen molar-refractivity contribution in [3.63, 3.8) is 0 Å². The van der Waals surface area contributed by atoms with Crippen molar-refractivity contribution in [3.8, 4) is 11.1 Å². The average molecular weight is 379 g/mol. The highest BCUT2D eigenvalue weighted by Crippen LogP contribution is 2.28. The first-order valence-electron chi connectivity index (χ1n) is 9.58. The van der Waals surface area contributed by atoms with Crippen molar-refractivity contribution in [2.24, 2.45) is 0 Å². The van der Waals surface area contributed by atoms with Gasteiger partial charge in [0.1, 0.15) is 11.1 Å². The molecule has 1 aliphatic rings. The monoisotopic (exact) mass is 379 g/mol. The topological polar surface area (TPSA) is 58.8 Å². The SMILES string of the molecule is CC(C)(C)OC(=O)N1CCN(c2nc3cc(-c4ccccc4)ccc3o2)CC1. The number of amides is 1. The molecule has 6 heteroatoms. The van der Waals surface area contributed by atoms with Gasteiger partial charge in [-0.2, -0.15) is 4.98 Å². The quantitative estimate of drug-likeness (QED) is 0.654. The number of rotatable bonds is 2. The van der Waals surface area contributed by atoms with Crippen LogP contribution in [0.25, 0.3) is 22.2 Å². The van der Waals surface area contributed by atoms with Crippen molar-refractivity contribution in [1.82, 2.24) is 9.88 Å². The van der Waals surface area contributed by atoms with Crippen LogP contribution < -0.4 is 4.90 Å². The van der Waals surface area contributed by atoms with Crippen LogP contribution in [0, 0.1) is 0 Å². The Morgan fingerprint density at radius 2 is 1.71 bits per heavy atom. The second-order valence-electron chi connectivity index (χ2n) is 8.00. The molecule has 0 aliphatic carbocycles. The summed E-state index contributed by atoms with van der Waals surface area (Å²) in [6.45, 7) is 8.14. The van der Waals surface area contributed by atoms with Gasteiger partial charge in [-0.05, 0) is 44.0 Å². The van der Waals surface area contributed by atoms with Crippen molar-refractivity contribution in [2.75, 3.05) is 31.1 Å². The lowest BCUT2D eigenvalue weighted by Crippen LogP contribution is -2.50. The second-order valence-corrected chi connectivity index (χ2v) is 8.00. The number of nitrogens with zero attached hydrogens (tertiary/aromatic N) is 3. The van der Waals surface area contributed by atoms with Crippen LogP contribution in [0.1, 0.15) is 20.8 Å². The summed E-state index contributed by atoms with van der Waals surface area (Å²) in [6.07, 6.45) is -0.266. The van der Waals surface area contributed by atoms with Crippen LogP contribution in [0.15, 0.2) is 52.9 Å². The van der Waals surface area contributed by atoms with Crippen LogP contribution in [0.2, 0.25) is 0 Å². The number of oxazole rings is 1. The van der Waals surface area contributed by atoms with E-state index < -0.39 is 5.60 Å². The number of hydrogen-bond donors (Lipinski definition) is 0. The Hall–Kier alpha value is -3.02. The van der Waals surface area contributed by atoms with Crippen LogP contribution in [0.4, 0.5) is 10.8 Å². The number of benzene rings is 2. The molecule has 0 bridgehead atoms. The lowest BCUT2D eigenvalue weighted by atomic mass is 10.1. The van der Waals surface area contributed by atoms with E-state index in [1.165, 1.54) is 0 Å². The van der Waals surface area contributed by atoms with Gasteiger partial charge in [0.05, 0.1) is 0 Å². The van der Waals surface area contributed by atoms with E-state index in [9.17, 15) is 4.79 Å². The van der Waals surface area contributed by atoms with E-state index in [1.54, 1.807) is 4.90 Å². The van der Waals surface area contributed by atoms with Crippen molar-refractivity contribution < 1.29 is 13.9 Å². The van der Waals surface area contributed by atoms with Crippen molar-refractivity contribution in [3.05, 3.63) is 48.5 Å². The number of hydrogen-bond acceptors (Lipinski definition) is 5. The molecule has 28 heavy (non-hydrogen) atoms. The van der Waals surface area contributed by atoms with E-state index in [2.05, 4.69) is 28.1 Å². The molecular weight excluding hydrogens is 354 g/mol. The van der Waals surface area contributed by atoms with Crippen LogP contribution >= 0.6 is 0 Å². The third-order valence-corrected chi connectivity index (χ3v) is 4.69. The smallest absolute Gasteiger partial charge is 0.410 e. The predicted molar refractivity (Wildman–Crippen MR) is 109 cm³/mol. The zero-order valence-corrected chi connectivity index (χ0v) is 16.5. The fourth-order valence-electron chi connectivity index (χ4n) is 3.27. The first-order chi connectivity index (χ1) is 13.4. The molecular formula is C22H25N3O3. The summed E-state index contributed by atoms with van der Waals surface area (Å²) in [4.78, 5) is 20.7. The van der Waals surface area contributed by atoms with Gasteiger partial charge in [-0.15, -0.1) is 0 Å². The highest BCUT2D eigenvalue weighted by atomic mass is 16.6. The number of anilines is 1. The molecule has 3 aromatic rings. The van der Waals surface area contributed by atoms with Crippen molar-refractivity contribution >= 4 is 23.2 Å². The van der Waals surface area contributed by atoms with Gasteiger partial charge in [0.15, 0.2) is 5.58 Å². The highest BCUT2D eigenvalue weighted by molar-refractivity contribution is 5.81. The molecule has 1 aliphatic heterocycles. The molecule has 1 amide bonds. The summed E-state index contributed by atoms with van der Waals surface area (Å²) in [6, 6.07) is 16.9. The van der Waals surface area contributed by atoms with Crippen LogP contribution in [0.3, 0.4) is 0 Å². The molecule has 1 fully saturated rings.